The first kappa shape index (κ1) is 29.7. The molecule has 0 heterocycles. The van der Waals surface area contributed by atoms with Crippen LogP contribution in [0.2, 0.25) is 0 Å². The summed E-state index contributed by atoms with van der Waals surface area (Å²) in [4.78, 5) is 2.42. The molecule has 1 heteroatoms. The van der Waals surface area contributed by atoms with Crippen LogP contribution in [0, 0.1) is 0 Å². The van der Waals surface area contributed by atoms with Crippen LogP contribution in [0.1, 0.15) is 47.2 Å². The predicted octanol–water partition coefficient (Wildman–Crippen LogP) is 13.0. The van der Waals surface area contributed by atoms with Crippen LogP contribution in [0.15, 0.2) is 188 Å². The SMILES string of the molecule is CC1(C)c2ccccc2-c2ccc(N(c3ccccc3)c3ccc4cc5c(cc4c3)C(c3ccccc3)(c3ccccc3)c3ccccc3-5)cc21. The van der Waals surface area contributed by atoms with Gasteiger partial charge in [0.15, 0.2) is 0 Å². The van der Waals surface area contributed by atoms with Crippen molar-refractivity contribution >= 4 is 27.8 Å². The summed E-state index contributed by atoms with van der Waals surface area (Å²) in [5.41, 5.74) is 16.2. The number of nitrogens with zero attached hydrogens (tertiary/aromatic N) is 1. The molecule has 0 aromatic heterocycles. The van der Waals surface area contributed by atoms with Gasteiger partial charge in [-0.3, -0.25) is 0 Å². The van der Waals surface area contributed by atoms with Crippen molar-refractivity contribution in [2.24, 2.45) is 0 Å². The summed E-state index contributed by atoms with van der Waals surface area (Å²) < 4.78 is 0. The van der Waals surface area contributed by atoms with Gasteiger partial charge in [-0.2, -0.15) is 0 Å². The van der Waals surface area contributed by atoms with Gasteiger partial charge in [0.2, 0.25) is 0 Å². The highest BCUT2D eigenvalue weighted by molar-refractivity contribution is 5.98. The smallest absolute Gasteiger partial charge is 0.0713 e. The minimum atomic E-state index is -0.432. The lowest BCUT2D eigenvalue weighted by Gasteiger charge is -2.34. The molecular weight excluding hydrogens is 615 g/mol. The van der Waals surface area contributed by atoms with Crippen LogP contribution in [0.4, 0.5) is 17.1 Å². The molecule has 0 saturated carbocycles. The first-order valence-electron chi connectivity index (χ1n) is 17.9. The second-order valence-corrected chi connectivity index (χ2v) is 14.5. The standard InChI is InChI=1S/C50H37N/c1-49(2)45-24-14-12-22-41(45)43-29-28-40(33-47(43)49)51(38-20-10-5-11-21-38)39-27-26-34-31-44-42-23-13-15-25-46(42)50(36-16-6-3-7-17-36,37-18-8-4-9-19-37)48(44)32-35(34)30-39/h3-33H,1-2H3. The Morgan fingerprint density at radius 3 is 1.55 bits per heavy atom. The summed E-state index contributed by atoms with van der Waals surface area (Å²) >= 11 is 0. The fourth-order valence-corrected chi connectivity index (χ4v) is 9.17. The molecule has 0 saturated heterocycles. The van der Waals surface area contributed by atoms with E-state index in [0.717, 1.165) is 17.1 Å². The van der Waals surface area contributed by atoms with Gasteiger partial charge in [0, 0.05) is 22.5 Å². The molecule has 8 aromatic rings. The Hall–Kier alpha value is -6.18. The Labute approximate surface area is 300 Å². The lowest BCUT2D eigenvalue weighted by Crippen LogP contribution is -2.28. The largest absolute Gasteiger partial charge is 0.310 e. The topological polar surface area (TPSA) is 3.24 Å². The van der Waals surface area contributed by atoms with E-state index in [4.69, 9.17) is 0 Å². The average molecular weight is 652 g/mol. The number of rotatable bonds is 5. The van der Waals surface area contributed by atoms with Crippen molar-refractivity contribution in [1.82, 2.24) is 0 Å². The van der Waals surface area contributed by atoms with E-state index in [2.05, 4.69) is 207 Å². The van der Waals surface area contributed by atoms with Gasteiger partial charge in [0.05, 0.1) is 5.41 Å². The van der Waals surface area contributed by atoms with Crippen LogP contribution in [-0.2, 0) is 10.8 Å². The number of anilines is 3. The van der Waals surface area contributed by atoms with Crippen LogP contribution in [-0.4, -0.2) is 0 Å². The molecule has 242 valence electrons. The summed E-state index contributed by atoms with van der Waals surface area (Å²) in [6.07, 6.45) is 0. The molecule has 2 aliphatic carbocycles. The molecule has 0 bridgehead atoms. The molecule has 51 heavy (non-hydrogen) atoms. The van der Waals surface area contributed by atoms with Crippen molar-refractivity contribution in [3.63, 3.8) is 0 Å². The molecule has 0 spiro atoms. The van der Waals surface area contributed by atoms with E-state index < -0.39 is 5.41 Å². The maximum absolute atomic E-state index is 2.47. The maximum Gasteiger partial charge on any atom is 0.0713 e. The van der Waals surface area contributed by atoms with Gasteiger partial charge in [-0.1, -0.05) is 153 Å². The van der Waals surface area contributed by atoms with Gasteiger partial charge in [0.1, 0.15) is 0 Å². The predicted molar refractivity (Wildman–Crippen MR) is 213 cm³/mol. The molecule has 2 aliphatic rings. The van der Waals surface area contributed by atoms with Crippen LogP contribution in [0.3, 0.4) is 0 Å². The molecule has 0 radical (unpaired) electrons. The number of hydrogen-bond acceptors (Lipinski definition) is 1. The molecule has 0 atom stereocenters. The lowest BCUT2D eigenvalue weighted by atomic mass is 9.67. The first-order chi connectivity index (χ1) is 25.0. The Bertz CT molecular complexity index is 2560. The van der Waals surface area contributed by atoms with Crippen LogP contribution < -0.4 is 4.90 Å². The van der Waals surface area contributed by atoms with Gasteiger partial charge in [-0.15, -0.1) is 0 Å². The molecule has 0 N–H and O–H groups in total. The third-order valence-electron chi connectivity index (χ3n) is 11.5. The van der Waals surface area contributed by atoms with Crippen molar-refractivity contribution in [1.29, 1.82) is 0 Å². The lowest BCUT2D eigenvalue weighted by molar-refractivity contribution is 0.660. The molecule has 10 rings (SSSR count). The zero-order chi connectivity index (χ0) is 34.2. The fourth-order valence-electron chi connectivity index (χ4n) is 9.17. The van der Waals surface area contributed by atoms with Gasteiger partial charge in [-0.05, 0) is 115 Å². The first-order valence-corrected chi connectivity index (χ1v) is 17.9. The molecule has 0 unspecified atom stereocenters. The van der Waals surface area contributed by atoms with Crippen molar-refractivity contribution in [3.05, 3.63) is 221 Å². The Balaban J connectivity index is 1.20. The van der Waals surface area contributed by atoms with E-state index in [1.165, 1.54) is 66.4 Å². The number of para-hydroxylation sites is 1. The molecule has 0 aliphatic heterocycles. The van der Waals surface area contributed by atoms with E-state index in [0.29, 0.717) is 0 Å². The highest BCUT2D eigenvalue weighted by Crippen LogP contribution is 2.57. The van der Waals surface area contributed by atoms with Gasteiger partial charge in [-0.25, -0.2) is 0 Å². The van der Waals surface area contributed by atoms with Crippen LogP contribution in [0.5, 0.6) is 0 Å². The summed E-state index contributed by atoms with van der Waals surface area (Å²) in [5.74, 6) is 0. The minimum absolute atomic E-state index is 0.0819. The van der Waals surface area contributed by atoms with E-state index in [9.17, 15) is 0 Å². The molecule has 8 aromatic carbocycles. The monoisotopic (exact) mass is 651 g/mol. The van der Waals surface area contributed by atoms with E-state index in [1.807, 2.05) is 0 Å². The van der Waals surface area contributed by atoms with Gasteiger partial charge >= 0.3 is 0 Å². The molecule has 1 nitrogen and oxygen atoms in total. The highest BCUT2D eigenvalue weighted by atomic mass is 15.1. The third kappa shape index (κ3) is 4.28. The quantitative estimate of drug-likeness (QED) is 0.179. The summed E-state index contributed by atoms with van der Waals surface area (Å²) in [6, 6.07) is 69.7. The highest BCUT2D eigenvalue weighted by Gasteiger charge is 2.46. The van der Waals surface area contributed by atoms with Gasteiger partial charge < -0.3 is 4.90 Å². The second kappa shape index (κ2) is 11.2. The zero-order valence-electron chi connectivity index (χ0n) is 28.8. The van der Waals surface area contributed by atoms with Crippen LogP contribution in [0.25, 0.3) is 33.0 Å². The second-order valence-electron chi connectivity index (χ2n) is 14.5. The van der Waals surface area contributed by atoms with E-state index in [-0.39, 0.29) is 5.41 Å². The average Bonchev–Trinajstić information content (AvgIpc) is 3.60. The normalized spacial score (nSPS) is 14.4. The van der Waals surface area contributed by atoms with Crippen molar-refractivity contribution in [2.45, 2.75) is 24.7 Å². The van der Waals surface area contributed by atoms with Crippen molar-refractivity contribution in [2.75, 3.05) is 4.90 Å². The Morgan fingerprint density at radius 1 is 0.333 bits per heavy atom. The van der Waals surface area contributed by atoms with E-state index >= 15 is 0 Å². The van der Waals surface area contributed by atoms with Crippen LogP contribution >= 0.6 is 0 Å². The van der Waals surface area contributed by atoms with Gasteiger partial charge in [0.25, 0.3) is 0 Å². The van der Waals surface area contributed by atoms with Crippen molar-refractivity contribution < 1.29 is 0 Å². The number of benzene rings is 8. The minimum Gasteiger partial charge on any atom is -0.310 e. The van der Waals surface area contributed by atoms with E-state index in [1.54, 1.807) is 0 Å². The summed E-state index contributed by atoms with van der Waals surface area (Å²) in [5, 5.41) is 2.47. The zero-order valence-corrected chi connectivity index (χ0v) is 28.8. The Kier molecular flexibility index (Phi) is 6.51. The fraction of sp³-hybridized carbons (Fsp3) is 0.0800. The third-order valence-corrected chi connectivity index (χ3v) is 11.5. The molecule has 0 amide bonds. The molecular formula is C50H37N. The van der Waals surface area contributed by atoms with Crippen molar-refractivity contribution in [3.8, 4) is 22.3 Å². The summed E-state index contributed by atoms with van der Waals surface area (Å²) in [6.45, 7) is 4.71. The number of hydrogen-bond donors (Lipinski definition) is 0. The number of fused-ring (bicyclic) bond motifs is 7. The maximum atomic E-state index is 2.47. The summed E-state index contributed by atoms with van der Waals surface area (Å²) in [7, 11) is 0. The molecule has 0 fully saturated rings. The Morgan fingerprint density at radius 2 is 0.863 bits per heavy atom.